The van der Waals surface area contributed by atoms with E-state index in [1.54, 1.807) is 19.4 Å². The lowest BCUT2D eigenvalue weighted by Crippen LogP contribution is -2.07. The van der Waals surface area contributed by atoms with E-state index < -0.39 is 12.1 Å². The molecule has 1 N–H and O–H groups in total. The number of halogens is 1. The van der Waals surface area contributed by atoms with Gasteiger partial charge in [0.05, 0.1) is 20.1 Å². The maximum Gasteiger partial charge on any atom is 0.304 e. The summed E-state index contributed by atoms with van der Waals surface area (Å²) in [6.45, 7) is 4.81. The van der Waals surface area contributed by atoms with Gasteiger partial charge in [-0.15, -0.1) is 0 Å². The second-order valence-electron chi connectivity index (χ2n) is 10.9. The highest BCUT2D eigenvalue weighted by molar-refractivity contribution is 5.76. The molecule has 0 saturated carbocycles. The Morgan fingerprint density at radius 1 is 1.07 bits per heavy atom. The fraction of sp³-hybridized carbons (Fsp3) is 0.294. The minimum absolute atomic E-state index is 0.0170. The van der Waals surface area contributed by atoms with Crippen molar-refractivity contribution in [1.82, 2.24) is 4.98 Å². The molecule has 0 saturated heterocycles. The molecule has 1 aliphatic carbocycles. The van der Waals surface area contributed by atoms with Crippen LogP contribution in [0.2, 0.25) is 0 Å². The molecule has 2 aliphatic rings. The summed E-state index contributed by atoms with van der Waals surface area (Å²) in [5, 5.41) is 9.17. The van der Waals surface area contributed by atoms with Crippen LogP contribution in [0.15, 0.2) is 60.8 Å². The number of hydrogen-bond donors (Lipinski definition) is 1. The number of fused-ring (bicyclic) bond motifs is 2. The molecular formula is C34H32FNO6. The van der Waals surface area contributed by atoms with Crippen LogP contribution in [-0.2, 0) is 17.8 Å². The Bertz CT molecular complexity index is 1650. The molecule has 4 aromatic rings. The first-order valence-corrected chi connectivity index (χ1v) is 14.0. The van der Waals surface area contributed by atoms with Gasteiger partial charge < -0.3 is 24.1 Å². The van der Waals surface area contributed by atoms with Crippen LogP contribution in [0.1, 0.15) is 58.2 Å². The monoisotopic (exact) mass is 569 g/mol. The summed E-state index contributed by atoms with van der Waals surface area (Å²) in [6.07, 6.45) is 2.62. The van der Waals surface area contributed by atoms with E-state index in [4.69, 9.17) is 18.9 Å². The third-order valence-corrected chi connectivity index (χ3v) is 8.04. The number of aryl methyl sites for hydroxylation is 2. The highest BCUT2D eigenvalue weighted by Crippen LogP contribution is 2.45. The molecule has 1 aliphatic heterocycles. The molecule has 0 radical (unpaired) electrons. The average Bonchev–Trinajstić information content (AvgIpc) is 3.57. The Morgan fingerprint density at radius 3 is 2.64 bits per heavy atom. The van der Waals surface area contributed by atoms with Crippen molar-refractivity contribution in [2.75, 3.05) is 13.7 Å². The van der Waals surface area contributed by atoms with Crippen LogP contribution in [0.4, 0.5) is 4.39 Å². The third-order valence-electron chi connectivity index (χ3n) is 8.04. The number of ether oxygens (including phenoxy) is 4. The van der Waals surface area contributed by atoms with Crippen molar-refractivity contribution < 1.29 is 33.2 Å². The maximum atomic E-state index is 15.3. The van der Waals surface area contributed by atoms with Crippen molar-refractivity contribution in [1.29, 1.82) is 0 Å². The van der Waals surface area contributed by atoms with E-state index in [1.165, 1.54) is 6.07 Å². The fourth-order valence-corrected chi connectivity index (χ4v) is 6.15. The predicted molar refractivity (Wildman–Crippen MR) is 155 cm³/mol. The lowest BCUT2D eigenvalue weighted by Gasteiger charge is -2.19. The summed E-state index contributed by atoms with van der Waals surface area (Å²) < 4.78 is 38.7. The molecule has 2 heterocycles. The molecule has 0 amide bonds. The van der Waals surface area contributed by atoms with Gasteiger partial charge in [0.2, 0.25) is 5.88 Å². The van der Waals surface area contributed by atoms with Crippen LogP contribution >= 0.6 is 0 Å². The molecule has 7 nitrogen and oxygen atoms in total. The van der Waals surface area contributed by atoms with Crippen molar-refractivity contribution in [3.05, 3.63) is 100.0 Å². The SMILES string of the molecule is COc1cc(COc2cc(C)c(-c3ccc(F)c4c3CC[C@H]4Oc3ccc4c(c3)OCC4CC(=O)O)c(C)c2)ccn1. The quantitative estimate of drug-likeness (QED) is 0.230. The van der Waals surface area contributed by atoms with E-state index in [0.717, 1.165) is 44.7 Å². The lowest BCUT2D eigenvalue weighted by atomic mass is 9.90. The number of carboxylic acid groups (broad SMARTS) is 1. The number of carbonyl (C=O) groups is 1. The normalized spacial score (nSPS) is 16.9. The number of rotatable bonds is 9. The molecule has 1 unspecified atom stereocenters. The minimum atomic E-state index is -0.857. The highest BCUT2D eigenvalue weighted by Gasteiger charge is 2.32. The summed E-state index contributed by atoms with van der Waals surface area (Å²) in [5.41, 5.74) is 7.53. The highest BCUT2D eigenvalue weighted by atomic mass is 19.1. The molecule has 0 bridgehead atoms. The number of pyridine rings is 1. The van der Waals surface area contributed by atoms with Gasteiger partial charge in [-0.2, -0.15) is 0 Å². The van der Waals surface area contributed by atoms with E-state index in [0.29, 0.717) is 49.0 Å². The van der Waals surface area contributed by atoms with E-state index >= 15 is 4.39 Å². The zero-order chi connectivity index (χ0) is 29.4. The van der Waals surface area contributed by atoms with Gasteiger partial charge in [0.1, 0.15) is 35.8 Å². The van der Waals surface area contributed by atoms with Crippen LogP contribution in [0, 0.1) is 19.7 Å². The second-order valence-corrected chi connectivity index (χ2v) is 10.9. The smallest absolute Gasteiger partial charge is 0.304 e. The number of hydrogen-bond acceptors (Lipinski definition) is 6. The standard InChI is InChI=1S/C34H32FNO6/c1-19-12-24(40-17-21-10-11-36-31(14-21)39-3)13-20(2)33(19)26-6-8-28(35)34-27(26)7-9-29(34)42-23-4-5-25-22(15-32(37)38)18-41-30(25)16-23/h4-6,8,10-14,16,22,29H,7,9,15,17-18H2,1-3H3,(H,37,38)/t22?,29-/m1/s1. The van der Waals surface area contributed by atoms with Gasteiger partial charge in [0.25, 0.3) is 0 Å². The van der Waals surface area contributed by atoms with Gasteiger partial charge in [-0.25, -0.2) is 9.37 Å². The number of methoxy groups -OCH3 is 1. The molecule has 0 spiro atoms. The van der Waals surface area contributed by atoms with Crippen LogP contribution in [-0.4, -0.2) is 29.8 Å². The van der Waals surface area contributed by atoms with Gasteiger partial charge in [-0.05, 0) is 90.4 Å². The Hall–Kier alpha value is -4.59. The van der Waals surface area contributed by atoms with E-state index in [-0.39, 0.29) is 18.2 Å². The Kier molecular flexibility index (Phi) is 7.45. The van der Waals surface area contributed by atoms with Crippen LogP contribution in [0.25, 0.3) is 11.1 Å². The van der Waals surface area contributed by atoms with Crippen LogP contribution < -0.4 is 18.9 Å². The minimum Gasteiger partial charge on any atom is -0.492 e. The maximum absolute atomic E-state index is 15.3. The number of aromatic nitrogens is 1. The largest absolute Gasteiger partial charge is 0.492 e. The molecule has 8 heteroatoms. The number of benzene rings is 3. The first kappa shape index (κ1) is 27.6. The summed E-state index contributed by atoms with van der Waals surface area (Å²) in [5.74, 6) is 1.19. The second kappa shape index (κ2) is 11.4. The lowest BCUT2D eigenvalue weighted by molar-refractivity contribution is -0.137. The summed E-state index contributed by atoms with van der Waals surface area (Å²) >= 11 is 0. The average molecular weight is 570 g/mol. The summed E-state index contributed by atoms with van der Waals surface area (Å²) in [6, 6.07) is 16.6. The van der Waals surface area contributed by atoms with Crippen molar-refractivity contribution in [3.8, 4) is 34.3 Å². The topological polar surface area (TPSA) is 87.1 Å². The molecule has 6 rings (SSSR count). The number of nitrogens with zero attached hydrogens (tertiary/aromatic N) is 1. The zero-order valence-electron chi connectivity index (χ0n) is 23.8. The molecule has 2 atom stereocenters. The third kappa shape index (κ3) is 5.36. The van der Waals surface area contributed by atoms with Crippen molar-refractivity contribution in [2.45, 2.75) is 51.7 Å². The van der Waals surface area contributed by atoms with Gasteiger partial charge in [0.15, 0.2) is 0 Å². The zero-order valence-corrected chi connectivity index (χ0v) is 23.8. The van der Waals surface area contributed by atoms with Gasteiger partial charge in [0, 0.05) is 35.4 Å². The Balaban J connectivity index is 1.23. The number of aliphatic carboxylic acids is 1. The van der Waals surface area contributed by atoms with E-state index in [9.17, 15) is 9.90 Å². The number of carboxylic acids is 1. The summed E-state index contributed by atoms with van der Waals surface area (Å²) in [7, 11) is 1.58. The predicted octanol–water partition coefficient (Wildman–Crippen LogP) is 7.11. The molecule has 42 heavy (non-hydrogen) atoms. The molecule has 0 fully saturated rings. The molecule has 3 aromatic carbocycles. The first-order valence-electron chi connectivity index (χ1n) is 14.0. The van der Waals surface area contributed by atoms with Crippen molar-refractivity contribution in [3.63, 3.8) is 0 Å². The van der Waals surface area contributed by atoms with Crippen LogP contribution in [0.5, 0.6) is 23.1 Å². The van der Waals surface area contributed by atoms with E-state index in [2.05, 4.69) is 4.98 Å². The first-order chi connectivity index (χ1) is 20.3. The van der Waals surface area contributed by atoms with Crippen molar-refractivity contribution >= 4 is 5.97 Å². The van der Waals surface area contributed by atoms with Crippen molar-refractivity contribution in [2.24, 2.45) is 0 Å². The fourth-order valence-electron chi connectivity index (χ4n) is 6.15. The Morgan fingerprint density at radius 2 is 1.88 bits per heavy atom. The Labute approximate surface area is 243 Å². The molecule has 1 aromatic heterocycles. The van der Waals surface area contributed by atoms with Crippen LogP contribution in [0.3, 0.4) is 0 Å². The van der Waals surface area contributed by atoms with Gasteiger partial charge >= 0.3 is 5.97 Å². The summed E-state index contributed by atoms with van der Waals surface area (Å²) in [4.78, 5) is 15.3. The molecule has 216 valence electrons. The van der Waals surface area contributed by atoms with Gasteiger partial charge in [-0.1, -0.05) is 12.1 Å². The van der Waals surface area contributed by atoms with Gasteiger partial charge in [-0.3, -0.25) is 4.79 Å². The molecular weight excluding hydrogens is 537 g/mol. The van der Waals surface area contributed by atoms with E-state index in [1.807, 2.05) is 56.3 Å².